The highest BCUT2D eigenvalue weighted by Crippen LogP contribution is 2.34. The van der Waals surface area contributed by atoms with Crippen molar-refractivity contribution in [1.82, 2.24) is 10.1 Å². The Morgan fingerprint density at radius 1 is 1.27 bits per heavy atom. The van der Waals surface area contributed by atoms with E-state index >= 15 is 0 Å². The van der Waals surface area contributed by atoms with Gasteiger partial charge in [0.15, 0.2) is 5.76 Å². The van der Waals surface area contributed by atoms with Gasteiger partial charge in [0.1, 0.15) is 0 Å². The van der Waals surface area contributed by atoms with Crippen LogP contribution in [0.4, 0.5) is 0 Å². The molecule has 0 spiro atoms. The zero-order valence-corrected chi connectivity index (χ0v) is 14.1. The van der Waals surface area contributed by atoms with E-state index in [2.05, 4.69) is 62.0 Å². The average molecular weight is 298 g/mol. The number of likely N-dealkylation sites (tertiary alicyclic amines) is 1. The summed E-state index contributed by atoms with van der Waals surface area (Å²) in [4.78, 5) is 2.53. The van der Waals surface area contributed by atoms with Crippen molar-refractivity contribution in [3.8, 4) is 0 Å². The van der Waals surface area contributed by atoms with Crippen LogP contribution >= 0.6 is 0 Å². The minimum absolute atomic E-state index is 0.376. The third kappa shape index (κ3) is 3.09. The van der Waals surface area contributed by atoms with Gasteiger partial charge in [0, 0.05) is 12.6 Å². The summed E-state index contributed by atoms with van der Waals surface area (Å²) in [7, 11) is 0. The minimum Gasteiger partial charge on any atom is -0.359 e. The van der Waals surface area contributed by atoms with Crippen LogP contribution in [0, 0.1) is 13.8 Å². The first kappa shape index (κ1) is 15.3. The fourth-order valence-electron chi connectivity index (χ4n) is 3.31. The molecule has 0 aliphatic carbocycles. The summed E-state index contributed by atoms with van der Waals surface area (Å²) in [5, 5.41) is 4.23. The maximum Gasteiger partial charge on any atom is 0.154 e. The van der Waals surface area contributed by atoms with Gasteiger partial charge in [-0.1, -0.05) is 42.8 Å². The second kappa shape index (κ2) is 6.25. The fraction of sp³-hybridized carbons (Fsp3) is 0.526. The standard InChI is InChI=1S/C19H26N2O/c1-13(2)17-11-19(22-20-17)18-6-5-9-21(18)12-16-8-7-14(3)10-15(16)4/h7-8,10-11,13,18H,5-6,9,12H2,1-4H3/t18-/m1/s1. The molecule has 3 nitrogen and oxygen atoms in total. The maximum atomic E-state index is 5.64. The van der Waals surface area contributed by atoms with Gasteiger partial charge < -0.3 is 4.52 Å². The molecule has 2 aromatic rings. The van der Waals surface area contributed by atoms with Crippen LogP contribution in [0.3, 0.4) is 0 Å². The second-order valence-electron chi connectivity index (χ2n) is 6.87. The van der Waals surface area contributed by atoms with Crippen LogP contribution in [0.5, 0.6) is 0 Å². The summed E-state index contributed by atoms with van der Waals surface area (Å²) in [6.45, 7) is 10.8. The lowest BCUT2D eigenvalue weighted by Gasteiger charge is -2.23. The summed E-state index contributed by atoms with van der Waals surface area (Å²) in [6, 6.07) is 9.26. The van der Waals surface area contributed by atoms with Gasteiger partial charge in [0.25, 0.3) is 0 Å². The van der Waals surface area contributed by atoms with E-state index in [9.17, 15) is 0 Å². The van der Waals surface area contributed by atoms with Crippen molar-refractivity contribution in [2.45, 2.75) is 59.0 Å². The molecule has 0 saturated carbocycles. The first-order chi connectivity index (χ1) is 10.5. The van der Waals surface area contributed by atoms with Crippen LogP contribution < -0.4 is 0 Å². The number of benzene rings is 1. The normalized spacial score (nSPS) is 19.2. The van der Waals surface area contributed by atoms with E-state index in [4.69, 9.17) is 4.52 Å². The average Bonchev–Trinajstić information content (AvgIpc) is 3.10. The fourth-order valence-corrected chi connectivity index (χ4v) is 3.31. The first-order valence-corrected chi connectivity index (χ1v) is 8.31. The predicted octanol–water partition coefficient (Wildman–Crippen LogP) is 4.75. The lowest BCUT2D eigenvalue weighted by molar-refractivity contribution is 0.206. The monoisotopic (exact) mass is 298 g/mol. The highest BCUT2D eigenvalue weighted by Gasteiger charge is 2.29. The Labute approximate surface area is 133 Å². The molecule has 0 N–H and O–H groups in total. The second-order valence-corrected chi connectivity index (χ2v) is 6.87. The minimum atomic E-state index is 0.376. The molecule has 1 aromatic carbocycles. The SMILES string of the molecule is Cc1ccc(CN2CCC[C@@H]2c2cc(C(C)C)no2)c(C)c1. The van der Waals surface area contributed by atoms with Crippen molar-refractivity contribution in [2.75, 3.05) is 6.54 Å². The molecule has 2 heterocycles. The summed E-state index contributed by atoms with van der Waals surface area (Å²) in [5.41, 5.74) is 5.19. The lowest BCUT2D eigenvalue weighted by atomic mass is 10.0. The quantitative estimate of drug-likeness (QED) is 0.815. The summed E-state index contributed by atoms with van der Waals surface area (Å²) in [6.07, 6.45) is 2.39. The topological polar surface area (TPSA) is 29.3 Å². The Kier molecular flexibility index (Phi) is 4.34. The molecule has 0 bridgehead atoms. The van der Waals surface area contributed by atoms with E-state index in [1.165, 1.54) is 23.1 Å². The summed E-state index contributed by atoms with van der Waals surface area (Å²) < 4.78 is 5.64. The Bertz CT molecular complexity index is 645. The van der Waals surface area contributed by atoms with E-state index in [1.54, 1.807) is 0 Å². The Balaban J connectivity index is 1.77. The number of aryl methyl sites for hydroxylation is 2. The van der Waals surface area contributed by atoms with E-state index < -0.39 is 0 Å². The zero-order valence-electron chi connectivity index (χ0n) is 14.1. The van der Waals surface area contributed by atoms with E-state index in [0.717, 1.165) is 31.0 Å². The third-order valence-electron chi connectivity index (χ3n) is 4.70. The van der Waals surface area contributed by atoms with E-state index in [1.807, 2.05) is 0 Å². The van der Waals surface area contributed by atoms with Gasteiger partial charge in [-0.2, -0.15) is 0 Å². The molecule has 0 radical (unpaired) electrons. The van der Waals surface area contributed by atoms with Crippen molar-refractivity contribution >= 4 is 0 Å². The number of rotatable bonds is 4. The molecule has 3 rings (SSSR count). The molecular formula is C19H26N2O. The molecular weight excluding hydrogens is 272 g/mol. The molecule has 0 amide bonds. The number of nitrogens with zero attached hydrogens (tertiary/aromatic N) is 2. The van der Waals surface area contributed by atoms with Gasteiger partial charge >= 0.3 is 0 Å². The van der Waals surface area contributed by atoms with E-state index in [0.29, 0.717) is 12.0 Å². The van der Waals surface area contributed by atoms with Gasteiger partial charge in [-0.15, -0.1) is 0 Å². The molecule has 22 heavy (non-hydrogen) atoms. The van der Waals surface area contributed by atoms with Crippen molar-refractivity contribution in [2.24, 2.45) is 0 Å². The summed E-state index contributed by atoms with van der Waals surface area (Å²) in [5.74, 6) is 1.46. The van der Waals surface area contributed by atoms with Crippen molar-refractivity contribution in [3.05, 3.63) is 52.4 Å². The molecule has 3 heteroatoms. The van der Waals surface area contributed by atoms with Crippen LogP contribution in [-0.4, -0.2) is 16.6 Å². The van der Waals surface area contributed by atoms with Crippen LogP contribution in [0.15, 0.2) is 28.8 Å². The summed E-state index contributed by atoms with van der Waals surface area (Å²) >= 11 is 0. The molecule has 1 aliphatic heterocycles. The van der Waals surface area contributed by atoms with Gasteiger partial charge in [0.05, 0.1) is 11.7 Å². The Morgan fingerprint density at radius 3 is 2.77 bits per heavy atom. The van der Waals surface area contributed by atoms with Gasteiger partial charge in [-0.05, 0) is 50.3 Å². The van der Waals surface area contributed by atoms with Gasteiger partial charge in [0.2, 0.25) is 0 Å². The smallest absolute Gasteiger partial charge is 0.154 e. The molecule has 1 saturated heterocycles. The van der Waals surface area contributed by atoms with Crippen LogP contribution in [-0.2, 0) is 6.54 Å². The highest BCUT2D eigenvalue weighted by molar-refractivity contribution is 5.30. The lowest BCUT2D eigenvalue weighted by Crippen LogP contribution is -2.23. The molecule has 118 valence electrons. The zero-order chi connectivity index (χ0) is 15.7. The van der Waals surface area contributed by atoms with Gasteiger partial charge in [-0.3, -0.25) is 4.90 Å². The number of aromatic nitrogens is 1. The van der Waals surface area contributed by atoms with Crippen molar-refractivity contribution < 1.29 is 4.52 Å². The molecule has 0 unspecified atom stereocenters. The van der Waals surface area contributed by atoms with Crippen LogP contribution in [0.2, 0.25) is 0 Å². The molecule has 1 aromatic heterocycles. The largest absolute Gasteiger partial charge is 0.359 e. The number of hydrogen-bond donors (Lipinski definition) is 0. The first-order valence-electron chi connectivity index (χ1n) is 8.31. The van der Waals surface area contributed by atoms with Crippen molar-refractivity contribution in [3.63, 3.8) is 0 Å². The predicted molar refractivity (Wildman–Crippen MR) is 88.9 cm³/mol. The molecule has 1 aliphatic rings. The number of hydrogen-bond acceptors (Lipinski definition) is 3. The maximum absolute atomic E-state index is 5.64. The van der Waals surface area contributed by atoms with Crippen LogP contribution in [0.1, 0.15) is 66.8 Å². The van der Waals surface area contributed by atoms with Crippen LogP contribution in [0.25, 0.3) is 0 Å². The molecule has 1 atom stereocenters. The van der Waals surface area contributed by atoms with E-state index in [-0.39, 0.29) is 0 Å². The van der Waals surface area contributed by atoms with Gasteiger partial charge in [-0.25, -0.2) is 0 Å². The Hall–Kier alpha value is -1.61. The molecule has 1 fully saturated rings. The third-order valence-corrected chi connectivity index (χ3v) is 4.70. The highest BCUT2D eigenvalue weighted by atomic mass is 16.5. The Morgan fingerprint density at radius 2 is 2.09 bits per heavy atom. The van der Waals surface area contributed by atoms with Crippen molar-refractivity contribution in [1.29, 1.82) is 0 Å².